The molecule has 0 radical (unpaired) electrons. The van der Waals surface area contributed by atoms with Crippen molar-refractivity contribution in [2.45, 2.75) is 41.0 Å². The molecule has 0 amide bonds. The Morgan fingerprint density at radius 2 is 1.72 bits per heavy atom. The largest absolute Gasteiger partial charge is 0.466 e. The Hall–Kier alpha value is -1.32. The van der Waals surface area contributed by atoms with Gasteiger partial charge in [0.05, 0.1) is 6.61 Å². The van der Waals surface area contributed by atoms with E-state index in [9.17, 15) is 9.59 Å². The van der Waals surface area contributed by atoms with E-state index in [0.717, 1.165) is 12.0 Å². The molecule has 0 heterocycles. The number of allylic oxidation sites excluding steroid dienone is 1. The van der Waals surface area contributed by atoms with Crippen LogP contribution in [-0.4, -0.2) is 25.2 Å². The third-order valence-corrected chi connectivity index (χ3v) is 3.74. The number of rotatable bonds is 4. The highest BCUT2D eigenvalue weighted by Crippen LogP contribution is 2.52. The van der Waals surface area contributed by atoms with Crippen LogP contribution in [-0.2, 0) is 19.1 Å². The summed E-state index contributed by atoms with van der Waals surface area (Å²) in [4.78, 5) is 21.6. The number of carbonyl (C=O) groups is 2. The van der Waals surface area contributed by atoms with Crippen molar-refractivity contribution in [1.82, 2.24) is 0 Å². The van der Waals surface area contributed by atoms with Gasteiger partial charge in [0, 0.05) is 19.8 Å². The minimum absolute atomic E-state index is 0.0136. The Morgan fingerprint density at radius 3 is 2.17 bits per heavy atom. The molecule has 1 atom stereocenters. The van der Waals surface area contributed by atoms with Gasteiger partial charge in [-0.1, -0.05) is 19.4 Å². The molecule has 4 heteroatoms. The lowest BCUT2D eigenvalue weighted by Crippen LogP contribution is -2.42. The van der Waals surface area contributed by atoms with Crippen LogP contribution in [0.2, 0.25) is 0 Å². The third-order valence-electron chi connectivity index (χ3n) is 3.74. The van der Waals surface area contributed by atoms with E-state index in [2.05, 4.69) is 13.8 Å². The van der Waals surface area contributed by atoms with E-state index in [0.29, 0.717) is 19.1 Å². The van der Waals surface area contributed by atoms with Crippen LogP contribution < -0.4 is 0 Å². The van der Waals surface area contributed by atoms with Crippen molar-refractivity contribution >= 4 is 11.9 Å². The molecular formula is C14H22O4. The molecule has 0 aliphatic heterocycles. The highest BCUT2D eigenvalue weighted by atomic mass is 16.5. The summed E-state index contributed by atoms with van der Waals surface area (Å²) < 4.78 is 10.1. The van der Waals surface area contributed by atoms with Crippen molar-refractivity contribution in [1.29, 1.82) is 0 Å². The van der Waals surface area contributed by atoms with Gasteiger partial charge in [-0.05, 0) is 24.3 Å². The molecule has 0 aromatic rings. The molecule has 102 valence electrons. The zero-order chi connectivity index (χ0) is 13.9. The fourth-order valence-electron chi connectivity index (χ4n) is 2.39. The van der Waals surface area contributed by atoms with Crippen molar-refractivity contribution in [3.63, 3.8) is 0 Å². The molecule has 1 rings (SSSR count). The molecule has 0 bridgehead atoms. The van der Waals surface area contributed by atoms with Crippen LogP contribution in [0.3, 0.4) is 0 Å². The van der Waals surface area contributed by atoms with Gasteiger partial charge in [-0.15, -0.1) is 0 Å². The zero-order valence-electron chi connectivity index (χ0n) is 11.8. The van der Waals surface area contributed by atoms with Crippen molar-refractivity contribution in [2.75, 3.05) is 13.2 Å². The van der Waals surface area contributed by atoms with E-state index in [4.69, 9.17) is 9.47 Å². The molecular weight excluding hydrogens is 232 g/mol. The lowest BCUT2D eigenvalue weighted by atomic mass is 9.58. The van der Waals surface area contributed by atoms with Gasteiger partial charge in [-0.25, -0.2) is 0 Å². The van der Waals surface area contributed by atoms with E-state index < -0.39 is 0 Å². The molecule has 1 fully saturated rings. The van der Waals surface area contributed by atoms with E-state index in [-0.39, 0.29) is 17.4 Å². The molecule has 1 aliphatic carbocycles. The number of ether oxygens (including phenoxy) is 2. The maximum atomic E-state index is 10.8. The summed E-state index contributed by atoms with van der Waals surface area (Å²) in [7, 11) is 0. The fourth-order valence-corrected chi connectivity index (χ4v) is 2.39. The van der Waals surface area contributed by atoms with Gasteiger partial charge in [0.25, 0.3) is 0 Å². The summed E-state index contributed by atoms with van der Waals surface area (Å²) in [6.07, 6.45) is 0.910. The molecule has 0 aromatic heterocycles. The molecule has 0 N–H and O–H groups in total. The van der Waals surface area contributed by atoms with Crippen LogP contribution in [0, 0.1) is 11.3 Å². The van der Waals surface area contributed by atoms with E-state index >= 15 is 0 Å². The Labute approximate surface area is 108 Å². The normalized spacial score (nSPS) is 23.9. The molecule has 1 aliphatic rings. The molecule has 0 aromatic carbocycles. The standard InChI is InChI=1S/C14H22O4/c1-9(7-17-10(2)15)13-6-12(14(13,4)5)8-18-11(3)16/h12H,6-8H2,1-5H3. The second-order valence-electron chi connectivity index (χ2n) is 5.46. The summed E-state index contributed by atoms with van der Waals surface area (Å²) in [5, 5.41) is 0. The SMILES string of the molecule is CC(=O)OCC(C)=C1CC(COC(C)=O)C1(C)C. The van der Waals surface area contributed by atoms with Gasteiger partial charge < -0.3 is 9.47 Å². The third kappa shape index (κ3) is 3.34. The van der Waals surface area contributed by atoms with E-state index in [1.807, 2.05) is 6.92 Å². The summed E-state index contributed by atoms with van der Waals surface area (Å²) in [6.45, 7) is 9.92. The average molecular weight is 254 g/mol. The van der Waals surface area contributed by atoms with Gasteiger partial charge >= 0.3 is 11.9 Å². The maximum Gasteiger partial charge on any atom is 0.302 e. The predicted octanol–water partition coefficient (Wildman–Crippen LogP) is 2.48. The minimum atomic E-state index is -0.261. The van der Waals surface area contributed by atoms with Crippen molar-refractivity contribution in [3.8, 4) is 0 Å². The van der Waals surface area contributed by atoms with Crippen LogP contribution in [0.4, 0.5) is 0 Å². The van der Waals surface area contributed by atoms with Crippen LogP contribution >= 0.6 is 0 Å². The molecule has 1 saturated carbocycles. The van der Waals surface area contributed by atoms with Crippen molar-refractivity contribution in [2.24, 2.45) is 11.3 Å². The molecule has 1 unspecified atom stereocenters. The number of carbonyl (C=O) groups excluding carboxylic acids is 2. The predicted molar refractivity (Wildman–Crippen MR) is 67.9 cm³/mol. The summed E-state index contributed by atoms with van der Waals surface area (Å²) >= 11 is 0. The second-order valence-corrected chi connectivity index (χ2v) is 5.46. The Bertz CT molecular complexity index is 379. The average Bonchev–Trinajstić information content (AvgIpc) is 2.24. The monoisotopic (exact) mass is 254 g/mol. The number of esters is 2. The first-order valence-electron chi connectivity index (χ1n) is 6.21. The van der Waals surface area contributed by atoms with Crippen molar-refractivity contribution < 1.29 is 19.1 Å². The van der Waals surface area contributed by atoms with Gasteiger partial charge in [0.1, 0.15) is 6.61 Å². The first kappa shape index (κ1) is 14.7. The molecule has 0 saturated heterocycles. The number of hydrogen-bond donors (Lipinski definition) is 0. The lowest BCUT2D eigenvalue weighted by Gasteiger charge is -2.48. The number of hydrogen-bond acceptors (Lipinski definition) is 4. The Balaban J connectivity index is 2.59. The highest BCUT2D eigenvalue weighted by molar-refractivity contribution is 5.66. The quantitative estimate of drug-likeness (QED) is 0.571. The second kappa shape index (κ2) is 5.55. The van der Waals surface area contributed by atoms with Crippen LogP contribution in [0.1, 0.15) is 41.0 Å². The van der Waals surface area contributed by atoms with E-state index in [1.165, 1.54) is 19.4 Å². The van der Waals surface area contributed by atoms with E-state index in [1.54, 1.807) is 0 Å². The first-order valence-corrected chi connectivity index (χ1v) is 6.21. The molecule has 18 heavy (non-hydrogen) atoms. The van der Waals surface area contributed by atoms with Crippen molar-refractivity contribution in [3.05, 3.63) is 11.1 Å². The Kier molecular flexibility index (Phi) is 4.54. The zero-order valence-corrected chi connectivity index (χ0v) is 11.8. The van der Waals surface area contributed by atoms with Crippen LogP contribution in [0.15, 0.2) is 11.1 Å². The topological polar surface area (TPSA) is 52.6 Å². The lowest BCUT2D eigenvalue weighted by molar-refractivity contribution is -0.144. The van der Waals surface area contributed by atoms with Gasteiger partial charge in [0.2, 0.25) is 0 Å². The summed E-state index contributed by atoms with van der Waals surface area (Å²) in [5.41, 5.74) is 2.43. The minimum Gasteiger partial charge on any atom is -0.466 e. The maximum absolute atomic E-state index is 10.8. The highest BCUT2D eigenvalue weighted by Gasteiger charge is 2.44. The first-order chi connectivity index (χ1) is 8.25. The molecule has 0 spiro atoms. The fraction of sp³-hybridized carbons (Fsp3) is 0.714. The van der Waals surface area contributed by atoms with Gasteiger partial charge in [0.15, 0.2) is 0 Å². The van der Waals surface area contributed by atoms with Gasteiger partial charge in [-0.3, -0.25) is 9.59 Å². The summed E-state index contributed by atoms with van der Waals surface area (Å²) in [6, 6.07) is 0. The van der Waals surface area contributed by atoms with Crippen LogP contribution in [0.5, 0.6) is 0 Å². The Morgan fingerprint density at radius 1 is 1.17 bits per heavy atom. The van der Waals surface area contributed by atoms with Gasteiger partial charge in [-0.2, -0.15) is 0 Å². The summed E-state index contributed by atoms with van der Waals surface area (Å²) in [5.74, 6) is -0.146. The smallest absolute Gasteiger partial charge is 0.302 e. The van der Waals surface area contributed by atoms with Crippen LogP contribution in [0.25, 0.3) is 0 Å². The molecule has 4 nitrogen and oxygen atoms in total.